The van der Waals surface area contributed by atoms with Crippen LogP contribution in [0.15, 0.2) is 59.8 Å². The first-order valence-electron chi connectivity index (χ1n) is 10.2. The average Bonchev–Trinajstić information content (AvgIpc) is 3.08. The van der Waals surface area contributed by atoms with E-state index in [9.17, 15) is 9.59 Å². The first-order valence-corrected chi connectivity index (χ1v) is 12.4. The molecule has 7 nitrogen and oxygen atoms in total. The molecule has 2 aromatic carbocycles. The number of aromatic nitrogens is 1. The van der Waals surface area contributed by atoms with E-state index >= 15 is 0 Å². The van der Waals surface area contributed by atoms with Crippen molar-refractivity contribution >= 4 is 68.9 Å². The topological polar surface area (TPSA) is 71.3 Å². The molecule has 1 aliphatic rings. The molecule has 0 N–H and O–H groups in total. The minimum atomic E-state index is -1.06. The monoisotopic (exact) mass is 525 g/mol. The molecular formula is C22H18Cl3N3O4S. The van der Waals surface area contributed by atoms with Gasteiger partial charge in [-0.1, -0.05) is 40.9 Å². The van der Waals surface area contributed by atoms with E-state index in [0.29, 0.717) is 20.6 Å². The lowest BCUT2D eigenvalue weighted by atomic mass is 10.2. The number of benzene rings is 2. The van der Waals surface area contributed by atoms with Gasteiger partial charge in [-0.25, -0.2) is 9.59 Å². The van der Waals surface area contributed by atoms with Crippen molar-refractivity contribution in [1.29, 1.82) is 0 Å². The summed E-state index contributed by atoms with van der Waals surface area (Å²) in [6, 6.07) is 11.0. The summed E-state index contributed by atoms with van der Waals surface area (Å²) in [5, 5.41) is 2.44. The molecular weight excluding hydrogens is 509 g/mol. The van der Waals surface area contributed by atoms with Crippen LogP contribution in [0.25, 0.3) is 16.6 Å². The molecule has 0 atom stereocenters. The Kier molecular flexibility index (Phi) is 6.37. The van der Waals surface area contributed by atoms with Gasteiger partial charge >= 0.3 is 11.3 Å². The summed E-state index contributed by atoms with van der Waals surface area (Å²) in [4.78, 5) is 28.8. The fourth-order valence-corrected chi connectivity index (χ4v) is 5.69. The summed E-state index contributed by atoms with van der Waals surface area (Å²) in [5.41, 5.74) is -0.349. The van der Waals surface area contributed by atoms with Crippen LogP contribution >= 0.6 is 46.6 Å². The number of piperazine rings is 1. The van der Waals surface area contributed by atoms with Crippen LogP contribution in [0, 0.1) is 0 Å². The number of hydrogen-bond acceptors (Lipinski definition) is 7. The number of anilines is 1. The van der Waals surface area contributed by atoms with Crippen LogP contribution in [0.4, 0.5) is 5.69 Å². The minimum Gasteiger partial charge on any atom is -0.396 e. The van der Waals surface area contributed by atoms with Crippen LogP contribution < -0.4 is 16.2 Å². The van der Waals surface area contributed by atoms with Crippen LogP contribution in [-0.4, -0.2) is 47.9 Å². The van der Waals surface area contributed by atoms with Crippen LogP contribution in [0.5, 0.6) is 0 Å². The first kappa shape index (κ1) is 22.7. The highest BCUT2D eigenvalue weighted by molar-refractivity contribution is 7.99. The van der Waals surface area contributed by atoms with Gasteiger partial charge in [0.1, 0.15) is 0 Å². The highest BCUT2D eigenvalue weighted by Gasteiger charge is 2.21. The van der Waals surface area contributed by atoms with Crippen LogP contribution in [0.2, 0.25) is 15.1 Å². The standard InChI is InChI=1S/C22H18Cl3N3O4S/c23-13-4-5-14-17(12-13)28-20(31-21(29)22(30)32-28)19(14)33-11-10-26-6-8-27(9-7-26)16-3-1-2-15(24)18(16)25/h1-5,12H,6-11H2. The Morgan fingerprint density at radius 1 is 0.970 bits per heavy atom. The molecule has 0 spiro atoms. The third-order valence-electron chi connectivity index (χ3n) is 5.63. The van der Waals surface area contributed by atoms with E-state index < -0.39 is 11.3 Å². The van der Waals surface area contributed by atoms with E-state index in [1.54, 1.807) is 30.0 Å². The molecule has 1 saturated heterocycles. The van der Waals surface area contributed by atoms with Crippen LogP contribution in [0.3, 0.4) is 0 Å². The quantitative estimate of drug-likeness (QED) is 0.271. The van der Waals surface area contributed by atoms with E-state index in [-0.39, 0.29) is 5.71 Å². The Morgan fingerprint density at radius 2 is 1.76 bits per heavy atom. The maximum absolute atomic E-state index is 11.8. The lowest BCUT2D eigenvalue weighted by Gasteiger charge is -2.36. The van der Waals surface area contributed by atoms with Gasteiger partial charge in [0.25, 0.3) is 5.71 Å². The summed E-state index contributed by atoms with van der Waals surface area (Å²) in [6.07, 6.45) is 0. The number of rotatable bonds is 5. The molecule has 0 bridgehead atoms. The van der Waals surface area contributed by atoms with Gasteiger partial charge in [-0.3, -0.25) is 4.90 Å². The molecule has 172 valence electrons. The molecule has 5 rings (SSSR count). The zero-order valence-electron chi connectivity index (χ0n) is 17.2. The fourth-order valence-electron chi connectivity index (χ4n) is 3.98. The molecule has 33 heavy (non-hydrogen) atoms. The summed E-state index contributed by atoms with van der Waals surface area (Å²) in [6.45, 7) is 4.32. The summed E-state index contributed by atoms with van der Waals surface area (Å²) in [7, 11) is 0. The minimum absolute atomic E-state index is 0.210. The van der Waals surface area contributed by atoms with Crippen molar-refractivity contribution in [1.82, 2.24) is 9.47 Å². The van der Waals surface area contributed by atoms with Crippen molar-refractivity contribution in [2.75, 3.05) is 43.4 Å². The van der Waals surface area contributed by atoms with Gasteiger partial charge in [0.15, 0.2) is 0 Å². The predicted octanol–water partition coefficient (Wildman–Crippen LogP) is 4.87. The van der Waals surface area contributed by atoms with Crippen molar-refractivity contribution < 1.29 is 8.94 Å². The molecule has 0 aliphatic carbocycles. The molecule has 0 radical (unpaired) electrons. The molecule has 0 unspecified atom stereocenters. The van der Waals surface area contributed by atoms with Gasteiger partial charge in [-0.05, 0) is 30.3 Å². The molecule has 0 amide bonds. The van der Waals surface area contributed by atoms with Crippen molar-refractivity contribution in [3.8, 4) is 0 Å². The Hall–Kier alpha value is -2.10. The molecule has 11 heteroatoms. The SMILES string of the molecule is O=c1oc2c(SCCN3CCN(c4cccc(Cl)c4Cl)CC3)c3ccc(Cl)cc3n2oc1=O. The maximum Gasteiger partial charge on any atom is 0.442 e. The van der Waals surface area contributed by atoms with Crippen molar-refractivity contribution in [2.24, 2.45) is 0 Å². The Bertz CT molecular complexity index is 1460. The number of thioether (sulfide) groups is 1. The summed E-state index contributed by atoms with van der Waals surface area (Å²) >= 11 is 20.2. The van der Waals surface area contributed by atoms with E-state index in [4.69, 9.17) is 43.7 Å². The van der Waals surface area contributed by atoms with E-state index in [1.807, 2.05) is 18.2 Å². The van der Waals surface area contributed by atoms with Gasteiger partial charge < -0.3 is 13.8 Å². The zero-order valence-corrected chi connectivity index (χ0v) is 20.3. The van der Waals surface area contributed by atoms with Gasteiger partial charge in [0, 0.05) is 48.9 Å². The van der Waals surface area contributed by atoms with Crippen molar-refractivity contribution in [3.05, 3.63) is 72.3 Å². The lowest BCUT2D eigenvalue weighted by Crippen LogP contribution is -2.47. The van der Waals surface area contributed by atoms with E-state index in [1.165, 1.54) is 4.57 Å². The smallest absolute Gasteiger partial charge is 0.396 e. The van der Waals surface area contributed by atoms with Crippen LogP contribution in [-0.2, 0) is 0 Å². The lowest BCUT2D eigenvalue weighted by molar-refractivity contribution is 0.273. The van der Waals surface area contributed by atoms with Gasteiger partial charge in [-0.15, -0.1) is 16.3 Å². The highest BCUT2D eigenvalue weighted by Crippen LogP contribution is 2.36. The van der Waals surface area contributed by atoms with Gasteiger partial charge in [0.05, 0.1) is 26.1 Å². The van der Waals surface area contributed by atoms with Crippen molar-refractivity contribution in [2.45, 2.75) is 4.90 Å². The molecule has 2 aromatic heterocycles. The number of halogens is 3. The third kappa shape index (κ3) is 4.38. The average molecular weight is 527 g/mol. The second-order valence-corrected chi connectivity index (χ2v) is 9.94. The summed E-state index contributed by atoms with van der Waals surface area (Å²) < 4.78 is 11.7. The van der Waals surface area contributed by atoms with Gasteiger partial charge in [-0.2, -0.15) is 0 Å². The van der Waals surface area contributed by atoms with Crippen LogP contribution in [0.1, 0.15) is 0 Å². The zero-order chi connectivity index (χ0) is 23.1. The predicted molar refractivity (Wildman–Crippen MR) is 133 cm³/mol. The van der Waals surface area contributed by atoms with Crippen molar-refractivity contribution in [3.63, 3.8) is 0 Å². The number of hydrogen-bond donors (Lipinski definition) is 0. The van der Waals surface area contributed by atoms with E-state index in [2.05, 4.69) is 9.80 Å². The normalized spacial score (nSPS) is 15.1. The molecule has 1 aliphatic heterocycles. The Morgan fingerprint density at radius 3 is 2.55 bits per heavy atom. The number of fused-ring (bicyclic) bond motifs is 3. The third-order valence-corrected chi connectivity index (χ3v) is 7.74. The highest BCUT2D eigenvalue weighted by atomic mass is 35.5. The fraction of sp³-hybridized carbons (Fsp3) is 0.273. The Labute approximate surface area is 207 Å². The second-order valence-electron chi connectivity index (χ2n) is 7.61. The van der Waals surface area contributed by atoms with Gasteiger partial charge in [0.2, 0.25) is 0 Å². The van der Waals surface area contributed by atoms with E-state index in [0.717, 1.165) is 54.4 Å². The Balaban J connectivity index is 1.29. The second kappa shape index (κ2) is 9.27. The number of nitrogens with zero attached hydrogens (tertiary/aromatic N) is 3. The largest absolute Gasteiger partial charge is 0.442 e. The maximum atomic E-state index is 11.8. The summed E-state index contributed by atoms with van der Waals surface area (Å²) in [5.74, 6) is 0.762. The molecule has 3 heterocycles. The molecule has 1 fully saturated rings. The molecule has 4 aromatic rings. The first-order chi connectivity index (χ1) is 15.9. The molecule has 0 saturated carbocycles.